The van der Waals surface area contributed by atoms with Crippen molar-refractivity contribution in [2.75, 3.05) is 126 Å². The van der Waals surface area contributed by atoms with Gasteiger partial charge in [-0.3, -0.25) is 4.79 Å². The normalized spacial score (nSPS) is 11.7. The van der Waals surface area contributed by atoms with E-state index in [1.54, 1.807) is 0 Å². The smallest absolute Gasteiger partial charge is 0.332 e. The van der Waals surface area contributed by atoms with Gasteiger partial charge in [0.1, 0.15) is 18.8 Å². The van der Waals surface area contributed by atoms with Gasteiger partial charge in [0.25, 0.3) is 0 Å². The van der Waals surface area contributed by atoms with Crippen LogP contribution in [0.2, 0.25) is 0 Å². The molecule has 0 unspecified atom stereocenters. The lowest BCUT2D eigenvalue weighted by molar-refractivity contribution is -0.160. The van der Waals surface area contributed by atoms with Crippen LogP contribution in [0.25, 0.3) is 0 Å². The summed E-state index contributed by atoms with van der Waals surface area (Å²) in [6, 6.07) is 0. The predicted octanol–water partition coefficient (Wildman–Crippen LogP) is 6.50. The van der Waals surface area contributed by atoms with Crippen LogP contribution >= 0.6 is 0 Å². The highest BCUT2D eigenvalue weighted by molar-refractivity contribution is 5.71. The van der Waals surface area contributed by atoms with Crippen molar-refractivity contribution in [3.63, 3.8) is 0 Å². The third-order valence-corrected chi connectivity index (χ3v) is 7.59. The third-order valence-electron chi connectivity index (χ3n) is 7.59. The van der Waals surface area contributed by atoms with Crippen molar-refractivity contribution in [1.82, 2.24) is 0 Å². The summed E-state index contributed by atoms with van der Waals surface area (Å²) in [4.78, 5) is 23.4. The van der Waals surface area contributed by atoms with Crippen LogP contribution in [-0.4, -0.2) is 143 Å². The van der Waals surface area contributed by atoms with Gasteiger partial charge in [0.15, 0.2) is 0 Å². The second-order valence-corrected chi connectivity index (χ2v) is 13.8. The number of unbranched alkanes of at least 4 members (excludes halogenated alkanes) is 12. The number of ether oxygens (including phenoxy) is 11. The summed E-state index contributed by atoms with van der Waals surface area (Å²) in [5.41, 5.74) is -0.513. The summed E-state index contributed by atoms with van der Waals surface area (Å²) in [7, 11) is 0. The standard InChI is InChI=1S/C40H78O13/c1-5-6-7-8-9-10-11-12-13-14-15-16-17-18-38(41)52-36-35-50-32-31-48-28-27-46-24-23-44-20-19-43-21-22-45-25-26-47-29-30-49-33-34-51-37-39(42)53-40(2,3)4/h5-37H2,1-4H3. The average Bonchev–Trinajstić information content (AvgIpc) is 3.12. The van der Waals surface area contributed by atoms with Crippen LogP contribution in [0.5, 0.6) is 0 Å². The van der Waals surface area contributed by atoms with Gasteiger partial charge in [0.05, 0.1) is 112 Å². The molecule has 0 aliphatic heterocycles. The van der Waals surface area contributed by atoms with Crippen LogP contribution in [0.15, 0.2) is 0 Å². The van der Waals surface area contributed by atoms with Crippen LogP contribution in [0.4, 0.5) is 0 Å². The highest BCUT2D eigenvalue weighted by atomic mass is 16.6. The summed E-state index contributed by atoms with van der Waals surface area (Å²) in [6.45, 7) is 15.6. The van der Waals surface area contributed by atoms with Gasteiger partial charge < -0.3 is 52.1 Å². The molecule has 0 N–H and O–H groups in total. The van der Waals surface area contributed by atoms with Crippen LogP contribution in [0.3, 0.4) is 0 Å². The lowest BCUT2D eigenvalue weighted by Crippen LogP contribution is -2.27. The maximum absolute atomic E-state index is 11.9. The highest BCUT2D eigenvalue weighted by Gasteiger charge is 2.15. The van der Waals surface area contributed by atoms with Crippen molar-refractivity contribution in [3.8, 4) is 0 Å². The molecule has 0 bridgehead atoms. The molecule has 0 aliphatic rings. The Hall–Kier alpha value is -1.42. The first-order valence-electron chi connectivity index (χ1n) is 20.4. The Kier molecular flexibility index (Phi) is 40.6. The second kappa shape index (κ2) is 41.7. The van der Waals surface area contributed by atoms with Crippen LogP contribution in [-0.2, 0) is 61.7 Å². The zero-order valence-corrected chi connectivity index (χ0v) is 34.1. The molecule has 0 aliphatic carbocycles. The van der Waals surface area contributed by atoms with Gasteiger partial charge in [-0.1, -0.05) is 84.0 Å². The molecule has 316 valence electrons. The molecule has 0 saturated carbocycles. The van der Waals surface area contributed by atoms with Crippen LogP contribution in [0, 0.1) is 0 Å². The molecule has 0 aromatic heterocycles. The fourth-order valence-electron chi connectivity index (χ4n) is 4.86. The fraction of sp³-hybridized carbons (Fsp3) is 0.950. The number of carbonyl (C=O) groups is 2. The summed E-state index contributed by atoms with van der Waals surface area (Å²) in [6.07, 6.45) is 17.3. The minimum absolute atomic E-state index is 0.0846. The highest BCUT2D eigenvalue weighted by Crippen LogP contribution is 2.13. The van der Waals surface area contributed by atoms with E-state index in [9.17, 15) is 9.59 Å². The molecule has 0 atom stereocenters. The molecule has 0 amide bonds. The van der Waals surface area contributed by atoms with E-state index < -0.39 is 5.60 Å². The van der Waals surface area contributed by atoms with E-state index in [0.29, 0.717) is 119 Å². The second-order valence-electron chi connectivity index (χ2n) is 13.8. The molecule has 0 spiro atoms. The van der Waals surface area contributed by atoms with Crippen LogP contribution < -0.4 is 0 Å². The SMILES string of the molecule is CCCCCCCCCCCCCCCC(=O)OCCOCCOCCOCCOCCOCCOCCOCCOCCOCC(=O)OC(C)(C)C. The zero-order chi connectivity index (χ0) is 38.8. The molecule has 0 rings (SSSR count). The minimum Gasteiger partial charge on any atom is -0.463 e. The summed E-state index contributed by atoms with van der Waals surface area (Å²) in [5.74, 6) is -0.523. The first-order chi connectivity index (χ1) is 25.8. The average molecular weight is 767 g/mol. The third kappa shape index (κ3) is 46.7. The maximum Gasteiger partial charge on any atom is 0.332 e. The minimum atomic E-state index is -0.513. The topological polar surface area (TPSA) is 136 Å². The van der Waals surface area contributed by atoms with Gasteiger partial charge in [-0.05, 0) is 27.2 Å². The van der Waals surface area contributed by atoms with E-state index in [2.05, 4.69) is 6.92 Å². The Morgan fingerprint density at radius 1 is 0.358 bits per heavy atom. The number of esters is 2. The van der Waals surface area contributed by atoms with Gasteiger partial charge in [-0.2, -0.15) is 0 Å². The summed E-state index contributed by atoms with van der Waals surface area (Å²) in [5, 5.41) is 0. The van der Waals surface area contributed by atoms with E-state index in [1.807, 2.05) is 20.8 Å². The first kappa shape index (κ1) is 51.6. The number of hydrogen-bond acceptors (Lipinski definition) is 13. The number of rotatable bonds is 43. The Labute approximate surface area is 322 Å². The zero-order valence-electron chi connectivity index (χ0n) is 34.1. The molecule has 0 fully saturated rings. The molecule has 13 nitrogen and oxygen atoms in total. The molecule has 0 aromatic carbocycles. The van der Waals surface area contributed by atoms with E-state index in [4.69, 9.17) is 52.1 Å². The molecular formula is C40H78O13. The molecule has 0 radical (unpaired) electrons. The van der Waals surface area contributed by atoms with Crippen molar-refractivity contribution in [2.24, 2.45) is 0 Å². The molecule has 0 heterocycles. The van der Waals surface area contributed by atoms with Gasteiger partial charge >= 0.3 is 11.9 Å². The predicted molar refractivity (Wildman–Crippen MR) is 204 cm³/mol. The quantitative estimate of drug-likeness (QED) is 0.0494. The lowest BCUT2D eigenvalue weighted by atomic mass is 10.0. The Bertz CT molecular complexity index is 763. The number of carbonyl (C=O) groups excluding carboxylic acids is 2. The van der Waals surface area contributed by atoms with Gasteiger partial charge in [0, 0.05) is 6.42 Å². The van der Waals surface area contributed by atoms with Crippen molar-refractivity contribution < 1.29 is 61.7 Å². The molecule has 0 saturated heterocycles. The Morgan fingerprint density at radius 3 is 0.962 bits per heavy atom. The maximum atomic E-state index is 11.9. The largest absolute Gasteiger partial charge is 0.463 e. The van der Waals surface area contributed by atoms with Crippen molar-refractivity contribution in [2.45, 2.75) is 123 Å². The van der Waals surface area contributed by atoms with Crippen molar-refractivity contribution in [3.05, 3.63) is 0 Å². The van der Waals surface area contributed by atoms with Crippen molar-refractivity contribution >= 4 is 11.9 Å². The lowest BCUT2D eigenvalue weighted by Gasteiger charge is -2.19. The van der Waals surface area contributed by atoms with E-state index in [1.165, 1.54) is 70.6 Å². The summed E-state index contributed by atoms with van der Waals surface area (Å²) < 4.78 is 59.3. The molecule has 53 heavy (non-hydrogen) atoms. The first-order valence-corrected chi connectivity index (χ1v) is 20.4. The van der Waals surface area contributed by atoms with Gasteiger partial charge in [-0.15, -0.1) is 0 Å². The monoisotopic (exact) mass is 767 g/mol. The Morgan fingerprint density at radius 2 is 0.642 bits per heavy atom. The van der Waals surface area contributed by atoms with Crippen molar-refractivity contribution in [1.29, 1.82) is 0 Å². The number of hydrogen-bond donors (Lipinski definition) is 0. The van der Waals surface area contributed by atoms with Gasteiger partial charge in [-0.25, -0.2) is 4.79 Å². The van der Waals surface area contributed by atoms with E-state index in [0.717, 1.165) is 12.8 Å². The Balaban J connectivity index is 3.16. The molecular weight excluding hydrogens is 688 g/mol. The molecule has 13 heteroatoms. The summed E-state index contributed by atoms with van der Waals surface area (Å²) >= 11 is 0. The van der Waals surface area contributed by atoms with E-state index >= 15 is 0 Å². The fourth-order valence-corrected chi connectivity index (χ4v) is 4.86. The van der Waals surface area contributed by atoms with Crippen LogP contribution in [0.1, 0.15) is 118 Å². The molecule has 0 aromatic rings. The van der Waals surface area contributed by atoms with Gasteiger partial charge in [0.2, 0.25) is 0 Å². The van der Waals surface area contributed by atoms with E-state index in [-0.39, 0.29) is 25.2 Å².